The van der Waals surface area contributed by atoms with Gasteiger partial charge in [-0.1, -0.05) is 26.0 Å². The summed E-state index contributed by atoms with van der Waals surface area (Å²) in [6, 6.07) is 5.35. The molecule has 0 unspecified atom stereocenters. The third-order valence-corrected chi connectivity index (χ3v) is 3.03. The van der Waals surface area contributed by atoms with E-state index in [1.807, 2.05) is 0 Å². The molecule has 0 bridgehead atoms. The Balaban J connectivity index is 2.65. The molecule has 0 atom stereocenters. The van der Waals surface area contributed by atoms with Crippen molar-refractivity contribution in [3.05, 3.63) is 35.4 Å². The van der Waals surface area contributed by atoms with Crippen molar-refractivity contribution in [2.75, 3.05) is 0 Å². The van der Waals surface area contributed by atoms with Crippen LogP contribution < -0.4 is 0 Å². The summed E-state index contributed by atoms with van der Waals surface area (Å²) in [5.74, 6) is 0.760. The monoisotopic (exact) mass is 234 g/mol. The summed E-state index contributed by atoms with van der Waals surface area (Å²) in [6.07, 6.45) is -4.23. The quantitative estimate of drug-likeness (QED) is 0.749. The maximum atomic E-state index is 12.2. The number of hydrogen-bond donors (Lipinski definition) is 0. The maximum absolute atomic E-state index is 12.2. The van der Waals surface area contributed by atoms with E-state index in [1.54, 1.807) is 11.8 Å². The summed E-state index contributed by atoms with van der Waals surface area (Å²) in [5.41, 5.74) is 0.350. The highest BCUT2D eigenvalue weighted by atomic mass is 32.2. The molecule has 0 fully saturated rings. The lowest BCUT2D eigenvalue weighted by Crippen LogP contribution is -2.04. The SMILES string of the molecule is CC(C)SCc1ccc(C(F)(F)F)cc1. The normalized spacial score (nSPS) is 12.1. The molecule has 0 N–H and O–H groups in total. The van der Waals surface area contributed by atoms with Gasteiger partial charge < -0.3 is 0 Å². The molecule has 0 aliphatic rings. The summed E-state index contributed by atoms with van der Waals surface area (Å²) >= 11 is 1.72. The number of thioether (sulfide) groups is 1. The van der Waals surface area contributed by atoms with Crippen molar-refractivity contribution in [2.45, 2.75) is 31.0 Å². The van der Waals surface area contributed by atoms with E-state index in [9.17, 15) is 13.2 Å². The third kappa shape index (κ3) is 4.16. The molecule has 4 heteroatoms. The van der Waals surface area contributed by atoms with Crippen molar-refractivity contribution in [1.29, 1.82) is 0 Å². The minimum atomic E-state index is -4.23. The van der Waals surface area contributed by atoms with Crippen LogP contribution in [0.3, 0.4) is 0 Å². The summed E-state index contributed by atoms with van der Waals surface area (Å²) < 4.78 is 36.7. The van der Waals surface area contributed by atoms with Gasteiger partial charge in [-0.3, -0.25) is 0 Å². The van der Waals surface area contributed by atoms with Gasteiger partial charge >= 0.3 is 6.18 Å². The lowest BCUT2D eigenvalue weighted by Gasteiger charge is -2.08. The number of halogens is 3. The molecule has 0 amide bonds. The zero-order chi connectivity index (χ0) is 11.5. The molecule has 1 rings (SSSR count). The van der Waals surface area contributed by atoms with Gasteiger partial charge in [0.05, 0.1) is 5.56 Å². The summed E-state index contributed by atoms with van der Waals surface area (Å²) in [6.45, 7) is 4.13. The van der Waals surface area contributed by atoms with Gasteiger partial charge in [-0.25, -0.2) is 0 Å². The van der Waals surface area contributed by atoms with Gasteiger partial charge in [0, 0.05) is 5.75 Å². The van der Waals surface area contributed by atoms with Gasteiger partial charge in [-0.2, -0.15) is 24.9 Å². The van der Waals surface area contributed by atoms with E-state index in [1.165, 1.54) is 12.1 Å². The second kappa shape index (κ2) is 4.92. The summed E-state index contributed by atoms with van der Waals surface area (Å²) in [4.78, 5) is 0. The van der Waals surface area contributed by atoms with Gasteiger partial charge in [-0.05, 0) is 22.9 Å². The molecule has 0 aromatic heterocycles. The van der Waals surface area contributed by atoms with Crippen LogP contribution in [-0.4, -0.2) is 5.25 Å². The Bertz CT molecular complexity index is 301. The first-order chi connectivity index (χ1) is 6.89. The lowest BCUT2D eigenvalue weighted by atomic mass is 10.1. The Labute approximate surface area is 91.9 Å². The van der Waals surface area contributed by atoms with Crippen LogP contribution in [0.15, 0.2) is 24.3 Å². The molecule has 0 aliphatic heterocycles. The van der Waals surface area contributed by atoms with Crippen LogP contribution in [0.25, 0.3) is 0 Å². The molecule has 0 radical (unpaired) electrons. The first kappa shape index (κ1) is 12.4. The molecule has 0 aliphatic carbocycles. The fourth-order valence-corrected chi connectivity index (χ4v) is 1.77. The Kier molecular flexibility index (Phi) is 4.08. The van der Waals surface area contributed by atoms with E-state index in [2.05, 4.69) is 13.8 Å². The lowest BCUT2D eigenvalue weighted by molar-refractivity contribution is -0.137. The van der Waals surface area contributed by atoms with E-state index >= 15 is 0 Å². The average Bonchev–Trinajstić information content (AvgIpc) is 2.14. The Hall–Kier alpha value is -0.640. The van der Waals surface area contributed by atoms with Crippen molar-refractivity contribution in [3.8, 4) is 0 Å². The van der Waals surface area contributed by atoms with Crippen molar-refractivity contribution < 1.29 is 13.2 Å². The zero-order valence-corrected chi connectivity index (χ0v) is 9.45. The molecule has 0 saturated carbocycles. The molecule has 1 aromatic carbocycles. The first-order valence-corrected chi connectivity index (χ1v) is 5.72. The van der Waals surface area contributed by atoms with Gasteiger partial charge in [-0.15, -0.1) is 0 Å². The maximum Gasteiger partial charge on any atom is 0.416 e. The highest BCUT2D eigenvalue weighted by Crippen LogP contribution is 2.29. The molecule has 0 spiro atoms. The fraction of sp³-hybridized carbons (Fsp3) is 0.455. The third-order valence-electron chi connectivity index (χ3n) is 1.86. The zero-order valence-electron chi connectivity index (χ0n) is 8.64. The molecule has 0 heterocycles. The second-order valence-electron chi connectivity index (χ2n) is 3.55. The Morgan fingerprint density at radius 2 is 1.67 bits per heavy atom. The van der Waals surface area contributed by atoms with Crippen LogP contribution in [-0.2, 0) is 11.9 Å². The number of rotatable bonds is 3. The standard InChI is InChI=1S/C11H13F3S/c1-8(2)15-7-9-3-5-10(6-4-9)11(12,13)14/h3-6,8H,7H2,1-2H3. The van der Waals surface area contributed by atoms with Crippen molar-refractivity contribution in [3.63, 3.8) is 0 Å². The van der Waals surface area contributed by atoms with Gasteiger partial charge in [0.25, 0.3) is 0 Å². The van der Waals surface area contributed by atoms with E-state index in [-0.39, 0.29) is 0 Å². The molecule has 0 saturated heterocycles. The van der Waals surface area contributed by atoms with E-state index in [0.29, 0.717) is 5.25 Å². The minimum absolute atomic E-state index is 0.493. The molecule has 15 heavy (non-hydrogen) atoms. The Morgan fingerprint density at radius 1 is 1.13 bits per heavy atom. The van der Waals surface area contributed by atoms with E-state index in [0.717, 1.165) is 23.4 Å². The summed E-state index contributed by atoms with van der Waals surface area (Å²) in [7, 11) is 0. The largest absolute Gasteiger partial charge is 0.416 e. The van der Waals surface area contributed by atoms with Gasteiger partial charge in [0.15, 0.2) is 0 Å². The first-order valence-electron chi connectivity index (χ1n) is 4.67. The van der Waals surface area contributed by atoms with Crippen LogP contribution in [0.4, 0.5) is 13.2 Å². The molecular weight excluding hydrogens is 221 g/mol. The highest BCUT2D eigenvalue weighted by molar-refractivity contribution is 7.99. The molecule has 84 valence electrons. The minimum Gasteiger partial charge on any atom is -0.166 e. The number of benzene rings is 1. The van der Waals surface area contributed by atoms with Crippen molar-refractivity contribution in [2.24, 2.45) is 0 Å². The molecule has 1 aromatic rings. The predicted molar refractivity (Wildman–Crippen MR) is 57.9 cm³/mol. The second-order valence-corrected chi connectivity index (χ2v) is 5.12. The van der Waals surface area contributed by atoms with E-state index in [4.69, 9.17) is 0 Å². The fourth-order valence-electron chi connectivity index (χ4n) is 1.05. The average molecular weight is 234 g/mol. The van der Waals surface area contributed by atoms with E-state index < -0.39 is 11.7 Å². The summed E-state index contributed by atoms with van der Waals surface area (Å²) in [5, 5.41) is 0.493. The van der Waals surface area contributed by atoms with Gasteiger partial charge in [0.2, 0.25) is 0 Å². The van der Waals surface area contributed by atoms with Crippen LogP contribution in [0, 0.1) is 0 Å². The number of hydrogen-bond acceptors (Lipinski definition) is 1. The topological polar surface area (TPSA) is 0 Å². The van der Waals surface area contributed by atoms with Crippen molar-refractivity contribution >= 4 is 11.8 Å². The highest BCUT2D eigenvalue weighted by Gasteiger charge is 2.29. The van der Waals surface area contributed by atoms with Crippen LogP contribution in [0.2, 0.25) is 0 Å². The van der Waals surface area contributed by atoms with Crippen LogP contribution >= 0.6 is 11.8 Å². The molecule has 0 nitrogen and oxygen atoms in total. The van der Waals surface area contributed by atoms with Crippen LogP contribution in [0.5, 0.6) is 0 Å². The predicted octanol–water partition coefficient (Wildman–Crippen LogP) is 4.35. The smallest absolute Gasteiger partial charge is 0.166 e. The van der Waals surface area contributed by atoms with Gasteiger partial charge in [0.1, 0.15) is 0 Å². The van der Waals surface area contributed by atoms with Crippen LogP contribution in [0.1, 0.15) is 25.0 Å². The Morgan fingerprint density at radius 3 is 2.07 bits per heavy atom. The van der Waals surface area contributed by atoms with Crippen molar-refractivity contribution in [1.82, 2.24) is 0 Å². The number of alkyl halides is 3. The molecular formula is C11H13F3S.